The maximum Gasteiger partial charge on any atom is 0.0793 e. The van der Waals surface area contributed by atoms with Crippen molar-refractivity contribution in [2.45, 2.75) is 45.6 Å². The fourth-order valence-corrected chi connectivity index (χ4v) is 3.29. The van der Waals surface area contributed by atoms with Gasteiger partial charge in [-0.05, 0) is 38.9 Å². The van der Waals surface area contributed by atoms with E-state index in [0.29, 0.717) is 6.54 Å². The van der Waals surface area contributed by atoms with E-state index < -0.39 is 0 Å². The quantitative estimate of drug-likeness (QED) is 0.871. The maximum absolute atomic E-state index is 10.4. The van der Waals surface area contributed by atoms with Gasteiger partial charge in [-0.15, -0.1) is 0 Å². The standard InChI is InChI=1S/C18H30N2O2/c1-14-7-5-6-8-17(14)11-19(4)12-18(21)13-20-9-15(2)22-16(3)10-20/h5-8,15-16,18,21H,9-13H2,1-4H3. The van der Waals surface area contributed by atoms with Crippen LogP contribution in [-0.2, 0) is 11.3 Å². The Bertz CT molecular complexity index is 456. The zero-order valence-electron chi connectivity index (χ0n) is 14.3. The van der Waals surface area contributed by atoms with Gasteiger partial charge in [-0.3, -0.25) is 9.80 Å². The molecule has 1 aliphatic rings. The van der Waals surface area contributed by atoms with E-state index in [4.69, 9.17) is 4.74 Å². The molecule has 1 aromatic carbocycles. The van der Waals surface area contributed by atoms with Gasteiger partial charge in [-0.25, -0.2) is 0 Å². The molecule has 4 heteroatoms. The third kappa shape index (κ3) is 5.36. The monoisotopic (exact) mass is 306 g/mol. The summed E-state index contributed by atoms with van der Waals surface area (Å²) in [4.78, 5) is 4.51. The zero-order valence-corrected chi connectivity index (χ0v) is 14.3. The molecule has 0 radical (unpaired) electrons. The van der Waals surface area contributed by atoms with E-state index in [1.165, 1.54) is 11.1 Å². The van der Waals surface area contributed by atoms with Crippen LogP contribution in [0.5, 0.6) is 0 Å². The Morgan fingerprint density at radius 1 is 1.27 bits per heavy atom. The molecule has 1 aromatic rings. The second-order valence-electron chi connectivity index (χ2n) is 6.75. The molecule has 3 unspecified atom stereocenters. The number of morpholine rings is 1. The number of rotatable bonds is 6. The lowest BCUT2D eigenvalue weighted by Gasteiger charge is -2.36. The minimum atomic E-state index is -0.327. The van der Waals surface area contributed by atoms with Gasteiger partial charge in [0.25, 0.3) is 0 Å². The minimum Gasteiger partial charge on any atom is -0.390 e. The summed E-state index contributed by atoms with van der Waals surface area (Å²) in [5, 5.41) is 10.4. The number of likely N-dealkylation sites (N-methyl/N-ethyl adjacent to an activating group) is 1. The van der Waals surface area contributed by atoms with E-state index in [1.54, 1.807) is 0 Å². The van der Waals surface area contributed by atoms with Gasteiger partial charge in [-0.1, -0.05) is 24.3 Å². The average Bonchev–Trinajstić information content (AvgIpc) is 2.39. The Kier molecular flexibility index (Phi) is 6.38. The van der Waals surface area contributed by atoms with Crippen molar-refractivity contribution in [3.05, 3.63) is 35.4 Å². The first-order chi connectivity index (χ1) is 10.4. The Labute approximate surface area is 134 Å². The van der Waals surface area contributed by atoms with Crippen LogP contribution in [0.1, 0.15) is 25.0 Å². The number of aliphatic hydroxyl groups excluding tert-OH is 1. The summed E-state index contributed by atoms with van der Waals surface area (Å²) in [5.41, 5.74) is 2.63. The minimum absolute atomic E-state index is 0.251. The average molecular weight is 306 g/mol. The van der Waals surface area contributed by atoms with Crippen LogP contribution in [-0.4, -0.2) is 66.4 Å². The zero-order chi connectivity index (χ0) is 16.1. The highest BCUT2D eigenvalue weighted by molar-refractivity contribution is 5.25. The molecule has 124 valence electrons. The lowest BCUT2D eigenvalue weighted by atomic mass is 10.1. The van der Waals surface area contributed by atoms with Crippen LogP contribution in [0.15, 0.2) is 24.3 Å². The highest BCUT2D eigenvalue weighted by Gasteiger charge is 2.24. The largest absolute Gasteiger partial charge is 0.390 e. The van der Waals surface area contributed by atoms with Gasteiger partial charge in [-0.2, -0.15) is 0 Å². The smallest absolute Gasteiger partial charge is 0.0793 e. The number of ether oxygens (including phenoxy) is 1. The van der Waals surface area contributed by atoms with Gasteiger partial charge in [0.1, 0.15) is 0 Å². The fourth-order valence-electron chi connectivity index (χ4n) is 3.29. The van der Waals surface area contributed by atoms with E-state index >= 15 is 0 Å². The molecule has 3 atom stereocenters. The van der Waals surface area contributed by atoms with Crippen molar-refractivity contribution in [2.24, 2.45) is 0 Å². The fraction of sp³-hybridized carbons (Fsp3) is 0.667. The molecule has 0 amide bonds. The van der Waals surface area contributed by atoms with E-state index in [9.17, 15) is 5.11 Å². The Balaban J connectivity index is 1.79. The van der Waals surface area contributed by atoms with Gasteiger partial charge in [0.15, 0.2) is 0 Å². The number of benzene rings is 1. The number of nitrogens with zero attached hydrogens (tertiary/aromatic N) is 2. The Hall–Kier alpha value is -0.940. The van der Waals surface area contributed by atoms with Gasteiger partial charge in [0.2, 0.25) is 0 Å². The van der Waals surface area contributed by atoms with E-state index in [-0.39, 0.29) is 18.3 Å². The summed E-state index contributed by atoms with van der Waals surface area (Å²) in [6.45, 7) is 10.4. The molecule has 1 N–H and O–H groups in total. The van der Waals surface area contributed by atoms with Crippen molar-refractivity contribution in [3.8, 4) is 0 Å². The molecule has 0 saturated carbocycles. The molecule has 4 nitrogen and oxygen atoms in total. The summed E-state index contributed by atoms with van der Waals surface area (Å²) in [6.07, 6.45) is 0.174. The molecule has 1 heterocycles. The van der Waals surface area contributed by atoms with Gasteiger partial charge in [0.05, 0.1) is 18.3 Å². The van der Waals surface area contributed by atoms with Crippen LogP contribution in [0.2, 0.25) is 0 Å². The van der Waals surface area contributed by atoms with Crippen molar-refractivity contribution in [1.82, 2.24) is 9.80 Å². The lowest BCUT2D eigenvalue weighted by Crippen LogP contribution is -2.49. The summed E-state index contributed by atoms with van der Waals surface area (Å²) in [6, 6.07) is 8.43. The SMILES string of the molecule is Cc1ccccc1CN(C)CC(O)CN1CC(C)OC(C)C1. The number of aryl methyl sites for hydroxylation is 1. The van der Waals surface area contributed by atoms with Crippen LogP contribution < -0.4 is 0 Å². The molecule has 1 saturated heterocycles. The molecular formula is C18H30N2O2. The number of β-amino-alcohol motifs (C(OH)–C–C–N with tert-alkyl or cyclic N) is 1. The Morgan fingerprint density at radius 3 is 2.55 bits per heavy atom. The van der Waals surface area contributed by atoms with Crippen molar-refractivity contribution in [3.63, 3.8) is 0 Å². The third-order valence-electron chi connectivity index (χ3n) is 4.19. The van der Waals surface area contributed by atoms with E-state index in [1.807, 2.05) is 0 Å². The molecule has 0 aromatic heterocycles. The van der Waals surface area contributed by atoms with Crippen LogP contribution in [0, 0.1) is 6.92 Å². The molecule has 0 spiro atoms. The van der Waals surface area contributed by atoms with Crippen molar-refractivity contribution in [1.29, 1.82) is 0 Å². The third-order valence-corrected chi connectivity index (χ3v) is 4.19. The highest BCUT2D eigenvalue weighted by Crippen LogP contribution is 2.12. The van der Waals surface area contributed by atoms with Crippen LogP contribution in [0.4, 0.5) is 0 Å². The van der Waals surface area contributed by atoms with Crippen molar-refractivity contribution in [2.75, 3.05) is 33.2 Å². The van der Waals surface area contributed by atoms with Crippen LogP contribution in [0.3, 0.4) is 0 Å². The predicted octanol–water partition coefficient (Wildman–Crippen LogP) is 1.90. The predicted molar refractivity (Wildman–Crippen MR) is 90.0 cm³/mol. The summed E-state index contributed by atoms with van der Waals surface area (Å²) >= 11 is 0. The summed E-state index contributed by atoms with van der Waals surface area (Å²) in [7, 11) is 2.07. The molecular weight excluding hydrogens is 276 g/mol. The van der Waals surface area contributed by atoms with Gasteiger partial charge in [0, 0.05) is 32.7 Å². The van der Waals surface area contributed by atoms with E-state index in [2.05, 4.69) is 61.9 Å². The molecule has 1 fully saturated rings. The van der Waals surface area contributed by atoms with Crippen molar-refractivity contribution < 1.29 is 9.84 Å². The first-order valence-electron chi connectivity index (χ1n) is 8.23. The molecule has 1 aliphatic heterocycles. The van der Waals surface area contributed by atoms with Gasteiger partial charge >= 0.3 is 0 Å². The first kappa shape index (κ1) is 17.4. The molecule has 0 aliphatic carbocycles. The maximum atomic E-state index is 10.4. The van der Waals surface area contributed by atoms with Gasteiger partial charge < -0.3 is 9.84 Å². The second kappa shape index (κ2) is 8.06. The number of hydrogen-bond acceptors (Lipinski definition) is 4. The van der Waals surface area contributed by atoms with Crippen molar-refractivity contribution >= 4 is 0 Å². The molecule has 22 heavy (non-hydrogen) atoms. The van der Waals surface area contributed by atoms with Crippen LogP contribution in [0.25, 0.3) is 0 Å². The summed E-state index contributed by atoms with van der Waals surface area (Å²) in [5.74, 6) is 0. The second-order valence-corrected chi connectivity index (χ2v) is 6.75. The molecule has 0 bridgehead atoms. The number of aliphatic hydroxyl groups is 1. The number of hydrogen-bond donors (Lipinski definition) is 1. The normalized spacial score (nSPS) is 24.6. The molecule has 2 rings (SSSR count). The van der Waals surface area contributed by atoms with Crippen LogP contribution >= 0.6 is 0 Å². The topological polar surface area (TPSA) is 35.9 Å². The van der Waals surface area contributed by atoms with E-state index in [0.717, 1.165) is 26.2 Å². The summed E-state index contributed by atoms with van der Waals surface area (Å²) < 4.78 is 5.74. The lowest BCUT2D eigenvalue weighted by molar-refractivity contribution is -0.0777. The highest BCUT2D eigenvalue weighted by atomic mass is 16.5. The Morgan fingerprint density at radius 2 is 1.91 bits per heavy atom. The first-order valence-corrected chi connectivity index (χ1v) is 8.23.